The van der Waals surface area contributed by atoms with Crippen molar-refractivity contribution in [2.75, 3.05) is 19.8 Å². The Bertz CT molecular complexity index is 2460. The number of ketones is 1. The molecule has 4 unspecified atom stereocenters. The fraction of sp³-hybridized carbons (Fsp3) is 0.370. The van der Waals surface area contributed by atoms with Crippen LogP contribution < -0.4 is 26.6 Å². The van der Waals surface area contributed by atoms with Crippen molar-refractivity contribution in [2.24, 2.45) is 22.4 Å². The van der Waals surface area contributed by atoms with Crippen molar-refractivity contribution in [1.82, 2.24) is 5.32 Å². The van der Waals surface area contributed by atoms with Crippen LogP contribution >= 0.6 is 0 Å². The van der Waals surface area contributed by atoms with Crippen LogP contribution in [-0.4, -0.2) is 63.8 Å². The number of nitrogens with zero attached hydrogens (tertiary/aromatic N) is 1. The van der Waals surface area contributed by atoms with Crippen LogP contribution in [0, 0.1) is 17.8 Å². The van der Waals surface area contributed by atoms with Gasteiger partial charge in [0, 0.05) is 55.3 Å². The van der Waals surface area contributed by atoms with Crippen molar-refractivity contribution in [2.45, 2.75) is 102 Å². The summed E-state index contributed by atoms with van der Waals surface area (Å²) in [6.45, 7) is 4.83. The smallest absolute Gasteiger partial charge is 0.161 e. The number of aromatic hydroxyl groups is 2. The van der Waals surface area contributed by atoms with E-state index in [4.69, 9.17) is 16.2 Å². The number of ether oxygens (including phenoxy) is 1. The number of carbonyl (C=O) groups excluding carboxylic acids is 1. The maximum absolute atomic E-state index is 13.7. The minimum Gasteiger partial charge on any atom is -0.875 e. The van der Waals surface area contributed by atoms with Gasteiger partial charge in [-0.15, -0.1) is 5.76 Å². The van der Waals surface area contributed by atoms with Gasteiger partial charge < -0.3 is 47.1 Å². The first-order chi connectivity index (χ1) is 31.4. The lowest BCUT2D eigenvalue weighted by molar-refractivity contribution is -0.307. The van der Waals surface area contributed by atoms with Crippen molar-refractivity contribution in [3.8, 4) is 29.1 Å². The summed E-state index contributed by atoms with van der Waals surface area (Å²) in [6, 6.07) is 24.4. The zero-order valence-electron chi connectivity index (χ0n) is 37.5. The van der Waals surface area contributed by atoms with Gasteiger partial charge in [0.15, 0.2) is 17.3 Å². The third kappa shape index (κ3) is 13.8. The van der Waals surface area contributed by atoms with Crippen LogP contribution in [0.15, 0.2) is 120 Å². The lowest BCUT2D eigenvalue weighted by Crippen LogP contribution is -2.40. The number of phenols is 2. The Labute approximate surface area is 383 Å². The van der Waals surface area contributed by atoms with Gasteiger partial charge in [-0.2, -0.15) is 0 Å². The van der Waals surface area contributed by atoms with Gasteiger partial charge in [0.2, 0.25) is 0 Å². The largest absolute Gasteiger partial charge is 0.875 e. The molecule has 9 N–H and O–H groups in total. The number of rotatable bonds is 22. The molecule has 0 aromatic heterocycles. The van der Waals surface area contributed by atoms with Gasteiger partial charge in [-0.1, -0.05) is 79.4 Å². The molecule has 11 nitrogen and oxygen atoms in total. The number of aliphatic hydroxyl groups excluding tert-OH is 2. The minimum atomic E-state index is -0.705. The number of allylic oxidation sites excluding steroid dienone is 5. The number of hydrogen-bond acceptors (Lipinski definition) is 11. The Hall–Kier alpha value is -6.00. The lowest BCUT2D eigenvalue weighted by atomic mass is 9.82. The molecule has 11 heteroatoms. The van der Waals surface area contributed by atoms with Gasteiger partial charge >= 0.3 is 0 Å². The summed E-state index contributed by atoms with van der Waals surface area (Å²) in [5, 5.41) is 58.7. The second-order valence-electron chi connectivity index (χ2n) is 17.2. The zero-order chi connectivity index (χ0) is 46.3. The molecule has 0 saturated carbocycles. The number of carbonyl (C=O) groups is 1. The Morgan fingerprint density at radius 3 is 2.51 bits per heavy atom. The van der Waals surface area contributed by atoms with Gasteiger partial charge in [0.1, 0.15) is 5.75 Å². The molecule has 0 bridgehead atoms. The second-order valence-corrected chi connectivity index (χ2v) is 17.2. The molecule has 0 amide bonds. The Morgan fingerprint density at radius 2 is 1.74 bits per heavy atom. The molecule has 2 aliphatic rings. The average Bonchev–Trinajstić information content (AvgIpc) is 3.77. The van der Waals surface area contributed by atoms with Crippen molar-refractivity contribution in [1.29, 1.82) is 0 Å². The van der Waals surface area contributed by atoms with E-state index in [0.717, 1.165) is 47.9 Å². The fourth-order valence-corrected chi connectivity index (χ4v) is 8.49. The Kier molecular flexibility index (Phi) is 17.7. The van der Waals surface area contributed by atoms with Crippen molar-refractivity contribution >= 4 is 11.5 Å². The van der Waals surface area contributed by atoms with Crippen LogP contribution in [0.3, 0.4) is 0 Å². The molecule has 0 fully saturated rings. The summed E-state index contributed by atoms with van der Waals surface area (Å²) >= 11 is 0. The monoisotopic (exact) mass is 879 g/mol. The predicted octanol–water partition coefficient (Wildman–Crippen LogP) is 6.48. The quantitative estimate of drug-likeness (QED) is 0.0198. The number of aliphatic hydroxyl groups is 2. The summed E-state index contributed by atoms with van der Waals surface area (Å²) in [5.74, 6) is 6.49. The normalized spacial score (nSPS) is 16.1. The summed E-state index contributed by atoms with van der Waals surface area (Å²) in [7, 11) is 0. The van der Waals surface area contributed by atoms with Gasteiger partial charge in [-0.05, 0) is 133 Å². The average molecular weight is 880 g/mol. The van der Waals surface area contributed by atoms with E-state index >= 15 is 0 Å². The number of hydrogen-bond donors (Lipinski definition) is 7. The highest BCUT2D eigenvalue weighted by Crippen LogP contribution is 2.39. The molecule has 1 heterocycles. The second kappa shape index (κ2) is 23.8. The van der Waals surface area contributed by atoms with E-state index in [1.54, 1.807) is 49.5 Å². The third-order valence-corrected chi connectivity index (χ3v) is 12.2. The van der Waals surface area contributed by atoms with Crippen LogP contribution in [0.1, 0.15) is 109 Å². The maximum atomic E-state index is 13.7. The number of nitrogens with one attached hydrogen (secondary N) is 1. The Balaban J connectivity index is 1.03. The molecule has 0 radical (unpaired) electrons. The molecule has 0 saturated heterocycles. The number of fused-ring (bicyclic) bond motifs is 2. The molecule has 1 aliphatic carbocycles. The van der Waals surface area contributed by atoms with E-state index in [-0.39, 0.29) is 48.7 Å². The number of unbranched alkanes of at least 4 members (excludes halogenated alkanes) is 1. The van der Waals surface area contributed by atoms with Crippen LogP contribution in [-0.2, 0) is 30.5 Å². The van der Waals surface area contributed by atoms with Gasteiger partial charge in [-0.25, -0.2) is 0 Å². The molecule has 6 rings (SSSR count). The van der Waals surface area contributed by atoms with E-state index < -0.39 is 18.2 Å². The number of aryl methyl sites for hydroxylation is 1. The lowest BCUT2D eigenvalue weighted by Gasteiger charge is -2.27. The van der Waals surface area contributed by atoms with E-state index in [1.165, 1.54) is 5.56 Å². The molecule has 342 valence electrons. The van der Waals surface area contributed by atoms with E-state index in [9.17, 15) is 30.3 Å². The highest BCUT2D eigenvalue weighted by Gasteiger charge is 2.24. The SMILES string of the molecule is CC(O)CNC(Cc1ccccc1CCO)C(C)CCCC=CC(=O)CCc1ccc(O)c(OCCc2ccc(O)c(C3CC([O-])=C4C=CN=C4CC#Cc4cc(C(N)N)ccc43)c2)c1. The highest BCUT2D eigenvalue weighted by atomic mass is 16.5. The van der Waals surface area contributed by atoms with E-state index in [2.05, 4.69) is 41.2 Å². The van der Waals surface area contributed by atoms with Crippen molar-refractivity contribution in [3.63, 3.8) is 0 Å². The number of phenolic OH excluding ortho intramolecular Hbond substituents is 2. The molecule has 4 aromatic rings. The molecular formula is C54H63N4O7-. The predicted molar refractivity (Wildman–Crippen MR) is 254 cm³/mol. The first kappa shape index (κ1) is 48.5. The molecule has 0 spiro atoms. The van der Waals surface area contributed by atoms with Crippen molar-refractivity contribution < 1.29 is 35.1 Å². The topological polar surface area (TPSA) is 207 Å². The van der Waals surface area contributed by atoms with Crippen LogP contribution in [0.25, 0.3) is 0 Å². The minimum absolute atomic E-state index is 0.00560. The standard InChI is InChI=1S/C54H64N4O7/c1-35(49(58-34-36(2)60)32-40-11-7-6-10-39(40)24-27-59)9-4-3-5-13-43(61)19-15-37-17-22-51(63)53(30-37)65-28-25-38-16-21-50(62)47(29-38)46-33-52(64)45-23-26-57-48(45)14-8-12-41-31-42(54(55)56)18-20-44(41)46/h5-7,10-11,13,16-18,20-23,26,29-31,35-36,46,49,54,58-60,62-64H,3-4,9,14-15,19,24-25,27-28,32-34,55-56H2,1-2H3/p-1. The Morgan fingerprint density at radius 1 is 0.969 bits per heavy atom. The highest BCUT2D eigenvalue weighted by molar-refractivity contribution is 6.06. The number of benzene rings is 4. The maximum Gasteiger partial charge on any atom is 0.161 e. The first-order valence-electron chi connectivity index (χ1n) is 22.7. The van der Waals surface area contributed by atoms with E-state index in [1.807, 2.05) is 48.5 Å². The molecule has 4 atom stereocenters. The third-order valence-electron chi connectivity index (χ3n) is 12.2. The fourth-order valence-electron chi connectivity index (χ4n) is 8.49. The van der Waals surface area contributed by atoms with Gasteiger partial charge in [-0.3, -0.25) is 9.79 Å². The number of aliphatic imine (C=N–C) groups is 1. The summed E-state index contributed by atoms with van der Waals surface area (Å²) in [6.07, 6.45) is 11.5. The van der Waals surface area contributed by atoms with Crippen LogP contribution in [0.5, 0.6) is 17.2 Å². The molecule has 65 heavy (non-hydrogen) atoms. The molecular weight excluding hydrogens is 817 g/mol. The molecule has 1 aliphatic heterocycles. The van der Waals surface area contributed by atoms with Gasteiger partial charge in [0.25, 0.3) is 0 Å². The van der Waals surface area contributed by atoms with Crippen LogP contribution in [0.2, 0.25) is 0 Å². The first-order valence-corrected chi connectivity index (χ1v) is 22.7. The summed E-state index contributed by atoms with van der Waals surface area (Å²) < 4.78 is 6.07. The van der Waals surface area contributed by atoms with Gasteiger partial charge in [0.05, 0.1) is 31.0 Å². The zero-order valence-corrected chi connectivity index (χ0v) is 37.5. The number of nitrogens with two attached hydrogens (primary N) is 2. The van der Waals surface area contributed by atoms with Crippen molar-refractivity contribution in [3.05, 3.63) is 159 Å². The van der Waals surface area contributed by atoms with E-state index in [0.29, 0.717) is 78.3 Å². The molecule has 4 aromatic carbocycles. The van der Waals surface area contributed by atoms with Crippen LogP contribution in [0.4, 0.5) is 0 Å². The summed E-state index contributed by atoms with van der Waals surface area (Å²) in [4.78, 5) is 17.2. The summed E-state index contributed by atoms with van der Waals surface area (Å²) in [5.41, 5.74) is 20.0.